The van der Waals surface area contributed by atoms with E-state index in [1.807, 2.05) is 0 Å². The lowest BCUT2D eigenvalue weighted by atomic mass is 9.96. The van der Waals surface area contributed by atoms with Crippen molar-refractivity contribution >= 4 is 5.91 Å². The Bertz CT molecular complexity index is 311. The molecule has 0 aromatic rings. The normalized spacial score (nSPS) is 25.2. The Labute approximate surface area is 128 Å². The highest BCUT2D eigenvalue weighted by atomic mass is 16.5. The molecule has 2 aliphatic heterocycles. The van der Waals surface area contributed by atoms with Gasteiger partial charge in [-0.05, 0) is 45.9 Å². The van der Waals surface area contributed by atoms with Crippen molar-refractivity contribution in [2.45, 2.75) is 18.9 Å². The van der Waals surface area contributed by atoms with Crippen LogP contribution in [0, 0.1) is 5.92 Å². The van der Waals surface area contributed by atoms with Gasteiger partial charge in [-0.2, -0.15) is 0 Å². The molecule has 0 bridgehead atoms. The average molecular weight is 298 g/mol. The van der Waals surface area contributed by atoms with Crippen LogP contribution in [-0.2, 0) is 9.53 Å². The first-order valence-electron chi connectivity index (χ1n) is 8.11. The number of likely N-dealkylation sites (N-methyl/N-ethyl adjacent to an activating group) is 1. The summed E-state index contributed by atoms with van der Waals surface area (Å²) >= 11 is 0. The van der Waals surface area contributed by atoms with Crippen molar-refractivity contribution in [2.75, 3.05) is 66.6 Å². The van der Waals surface area contributed by atoms with Crippen molar-refractivity contribution in [2.24, 2.45) is 5.92 Å². The molecule has 1 unspecified atom stereocenters. The molecule has 2 aliphatic rings. The maximum absolute atomic E-state index is 12.0. The van der Waals surface area contributed by atoms with Gasteiger partial charge in [-0.25, -0.2) is 0 Å². The number of amides is 1. The number of carbonyl (C=O) groups is 1. The Morgan fingerprint density at radius 1 is 1.38 bits per heavy atom. The second-order valence-electron chi connectivity index (χ2n) is 6.42. The third-order valence-corrected chi connectivity index (χ3v) is 4.37. The third-order valence-electron chi connectivity index (χ3n) is 4.37. The Kier molecular flexibility index (Phi) is 6.89. The van der Waals surface area contributed by atoms with E-state index < -0.39 is 0 Å². The minimum Gasteiger partial charge on any atom is -0.378 e. The zero-order valence-electron chi connectivity index (χ0n) is 13.4. The fraction of sp³-hybridized carbons (Fsp3) is 0.933. The molecular formula is C15H30N4O2. The van der Waals surface area contributed by atoms with E-state index in [9.17, 15) is 4.79 Å². The molecular weight excluding hydrogens is 268 g/mol. The molecule has 2 saturated heterocycles. The molecule has 0 radical (unpaired) electrons. The standard InChI is InChI=1S/C15H30N4O2/c1-18(2)8-9-19-6-3-13(4-7-19)11-17-15(20)14-12-21-10-5-16-14/h13-14,16H,3-12H2,1-2H3,(H,17,20). The highest BCUT2D eigenvalue weighted by Gasteiger charge is 2.23. The van der Waals surface area contributed by atoms with Gasteiger partial charge in [0.2, 0.25) is 5.91 Å². The maximum atomic E-state index is 12.0. The van der Waals surface area contributed by atoms with Crippen LogP contribution in [0.15, 0.2) is 0 Å². The number of nitrogens with one attached hydrogen (secondary N) is 2. The monoisotopic (exact) mass is 298 g/mol. The third kappa shape index (κ3) is 5.90. The summed E-state index contributed by atoms with van der Waals surface area (Å²) < 4.78 is 5.32. The van der Waals surface area contributed by atoms with Crippen molar-refractivity contribution < 1.29 is 9.53 Å². The van der Waals surface area contributed by atoms with Crippen LogP contribution in [0.3, 0.4) is 0 Å². The summed E-state index contributed by atoms with van der Waals surface area (Å²) in [5.41, 5.74) is 0. The van der Waals surface area contributed by atoms with Gasteiger partial charge in [0.1, 0.15) is 6.04 Å². The number of carbonyl (C=O) groups excluding carboxylic acids is 1. The Hall–Kier alpha value is -0.690. The van der Waals surface area contributed by atoms with E-state index in [0.717, 1.165) is 39.3 Å². The molecule has 2 rings (SSSR count). The smallest absolute Gasteiger partial charge is 0.239 e. The lowest BCUT2D eigenvalue weighted by molar-refractivity contribution is -0.126. The van der Waals surface area contributed by atoms with Crippen LogP contribution in [0.25, 0.3) is 0 Å². The van der Waals surface area contributed by atoms with Crippen LogP contribution in [0.5, 0.6) is 0 Å². The largest absolute Gasteiger partial charge is 0.378 e. The first kappa shape index (κ1) is 16.7. The molecule has 0 aromatic heterocycles. The van der Waals surface area contributed by atoms with E-state index in [0.29, 0.717) is 19.1 Å². The molecule has 0 spiro atoms. The Balaban J connectivity index is 1.59. The molecule has 2 fully saturated rings. The van der Waals surface area contributed by atoms with Gasteiger partial charge in [-0.1, -0.05) is 0 Å². The molecule has 21 heavy (non-hydrogen) atoms. The van der Waals surface area contributed by atoms with E-state index in [-0.39, 0.29) is 11.9 Å². The molecule has 0 aliphatic carbocycles. The van der Waals surface area contributed by atoms with Gasteiger partial charge < -0.3 is 25.2 Å². The number of rotatable bonds is 6. The van der Waals surface area contributed by atoms with Gasteiger partial charge in [0.15, 0.2) is 0 Å². The highest BCUT2D eigenvalue weighted by molar-refractivity contribution is 5.81. The molecule has 6 heteroatoms. The molecule has 0 saturated carbocycles. The van der Waals surface area contributed by atoms with Crippen molar-refractivity contribution in [1.29, 1.82) is 0 Å². The predicted molar refractivity (Wildman–Crippen MR) is 83.3 cm³/mol. The lowest BCUT2D eigenvalue weighted by Crippen LogP contribution is -2.52. The predicted octanol–water partition coefficient (Wildman–Crippen LogP) is -0.635. The van der Waals surface area contributed by atoms with Gasteiger partial charge >= 0.3 is 0 Å². The van der Waals surface area contributed by atoms with Gasteiger partial charge in [0.05, 0.1) is 13.2 Å². The zero-order chi connectivity index (χ0) is 15.1. The number of ether oxygens (including phenoxy) is 1. The van der Waals surface area contributed by atoms with Gasteiger partial charge in [-0.15, -0.1) is 0 Å². The molecule has 1 amide bonds. The van der Waals surface area contributed by atoms with E-state index in [1.54, 1.807) is 0 Å². The number of hydrogen-bond acceptors (Lipinski definition) is 5. The number of hydrogen-bond donors (Lipinski definition) is 2. The summed E-state index contributed by atoms with van der Waals surface area (Å²) in [6.45, 7) is 7.34. The first-order valence-corrected chi connectivity index (χ1v) is 8.11. The minimum atomic E-state index is -0.168. The number of morpholine rings is 1. The van der Waals surface area contributed by atoms with E-state index in [2.05, 4.69) is 34.5 Å². The summed E-state index contributed by atoms with van der Waals surface area (Å²) in [6, 6.07) is -0.168. The summed E-state index contributed by atoms with van der Waals surface area (Å²) in [6.07, 6.45) is 2.37. The van der Waals surface area contributed by atoms with E-state index >= 15 is 0 Å². The lowest BCUT2D eigenvalue weighted by Gasteiger charge is -2.33. The number of nitrogens with zero attached hydrogens (tertiary/aromatic N) is 2. The van der Waals surface area contributed by atoms with E-state index in [1.165, 1.54) is 12.8 Å². The van der Waals surface area contributed by atoms with Crippen LogP contribution in [0.4, 0.5) is 0 Å². The molecule has 0 aromatic carbocycles. The van der Waals surface area contributed by atoms with Crippen molar-refractivity contribution in [3.8, 4) is 0 Å². The van der Waals surface area contributed by atoms with E-state index in [4.69, 9.17) is 4.74 Å². The average Bonchev–Trinajstić information content (AvgIpc) is 2.52. The molecule has 2 heterocycles. The fourth-order valence-electron chi connectivity index (χ4n) is 2.86. The second-order valence-corrected chi connectivity index (χ2v) is 6.42. The van der Waals surface area contributed by atoms with Crippen molar-refractivity contribution in [1.82, 2.24) is 20.4 Å². The molecule has 6 nitrogen and oxygen atoms in total. The van der Waals surface area contributed by atoms with Gasteiger partial charge in [0, 0.05) is 26.2 Å². The minimum absolute atomic E-state index is 0.0877. The van der Waals surface area contributed by atoms with Crippen LogP contribution >= 0.6 is 0 Å². The Morgan fingerprint density at radius 3 is 2.76 bits per heavy atom. The van der Waals surface area contributed by atoms with Crippen LogP contribution in [-0.4, -0.2) is 88.3 Å². The topological polar surface area (TPSA) is 56.8 Å². The van der Waals surface area contributed by atoms with Crippen molar-refractivity contribution in [3.05, 3.63) is 0 Å². The van der Waals surface area contributed by atoms with Crippen LogP contribution < -0.4 is 10.6 Å². The summed E-state index contributed by atoms with van der Waals surface area (Å²) in [5.74, 6) is 0.707. The second kappa shape index (κ2) is 8.68. The van der Waals surface area contributed by atoms with Crippen molar-refractivity contribution in [3.63, 3.8) is 0 Å². The number of likely N-dealkylation sites (tertiary alicyclic amines) is 1. The molecule has 122 valence electrons. The van der Waals surface area contributed by atoms with Gasteiger partial charge in [-0.3, -0.25) is 4.79 Å². The summed E-state index contributed by atoms with van der Waals surface area (Å²) in [4.78, 5) is 16.8. The molecule has 1 atom stereocenters. The highest BCUT2D eigenvalue weighted by Crippen LogP contribution is 2.16. The van der Waals surface area contributed by atoms with Crippen LogP contribution in [0.1, 0.15) is 12.8 Å². The fourth-order valence-corrected chi connectivity index (χ4v) is 2.86. The maximum Gasteiger partial charge on any atom is 0.239 e. The SMILES string of the molecule is CN(C)CCN1CCC(CNC(=O)C2COCCN2)CC1. The zero-order valence-corrected chi connectivity index (χ0v) is 13.4. The quantitative estimate of drug-likeness (QED) is 0.683. The Morgan fingerprint density at radius 2 is 2.14 bits per heavy atom. The molecule has 2 N–H and O–H groups in total. The first-order chi connectivity index (χ1) is 10.1. The summed E-state index contributed by atoms with van der Waals surface area (Å²) in [7, 11) is 4.23. The summed E-state index contributed by atoms with van der Waals surface area (Å²) in [5, 5.41) is 6.27. The van der Waals surface area contributed by atoms with Gasteiger partial charge in [0.25, 0.3) is 0 Å². The number of piperidine rings is 1. The van der Waals surface area contributed by atoms with Crippen LogP contribution in [0.2, 0.25) is 0 Å².